The molecule has 1 fully saturated rings. The second-order valence-corrected chi connectivity index (χ2v) is 5.19. The van der Waals surface area contributed by atoms with Crippen LogP contribution in [0.5, 0.6) is 0 Å². The lowest BCUT2D eigenvalue weighted by atomic mass is 9.97. The number of likely N-dealkylation sites (tertiary alicyclic amines) is 1. The molecule has 4 nitrogen and oxygen atoms in total. The third-order valence-corrected chi connectivity index (χ3v) is 3.66. The first-order chi connectivity index (χ1) is 8.58. The van der Waals surface area contributed by atoms with Gasteiger partial charge in [-0.15, -0.1) is 0 Å². The van der Waals surface area contributed by atoms with Crippen LogP contribution in [0, 0.1) is 0 Å². The lowest BCUT2D eigenvalue weighted by Crippen LogP contribution is -2.48. The van der Waals surface area contributed by atoms with Gasteiger partial charge in [-0.05, 0) is 45.2 Å². The summed E-state index contributed by atoms with van der Waals surface area (Å²) in [6.07, 6.45) is 5.39. The van der Waals surface area contributed by atoms with E-state index in [1.807, 2.05) is 11.0 Å². The van der Waals surface area contributed by atoms with Gasteiger partial charge in [-0.2, -0.15) is 0 Å². The topological polar surface area (TPSA) is 59.2 Å². The molecule has 1 aliphatic rings. The number of piperidine rings is 1. The SMILES string of the molecule is C[C@@H]1CCC[C@H](C)N1C(=O)Cc1ccc(N)cn1. The smallest absolute Gasteiger partial charge is 0.229 e. The second kappa shape index (κ2) is 5.38. The fraction of sp³-hybridized carbons (Fsp3) is 0.571. The Hall–Kier alpha value is -1.58. The van der Waals surface area contributed by atoms with Gasteiger partial charge in [0, 0.05) is 17.8 Å². The molecule has 1 aromatic heterocycles. The average Bonchev–Trinajstić information content (AvgIpc) is 2.32. The summed E-state index contributed by atoms with van der Waals surface area (Å²) in [6, 6.07) is 4.30. The Kier molecular flexibility index (Phi) is 3.84. The summed E-state index contributed by atoms with van der Waals surface area (Å²) in [7, 11) is 0. The zero-order valence-corrected chi connectivity index (χ0v) is 11.1. The maximum Gasteiger partial charge on any atom is 0.229 e. The minimum Gasteiger partial charge on any atom is -0.397 e. The van der Waals surface area contributed by atoms with E-state index in [2.05, 4.69) is 18.8 Å². The van der Waals surface area contributed by atoms with E-state index in [0.717, 1.165) is 18.5 Å². The number of nitrogens with two attached hydrogens (primary N) is 1. The molecule has 0 aliphatic carbocycles. The molecular weight excluding hydrogens is 226 g/mol. The Morgan fingerprint density at radius 3 is 2.61 bits per heavy atom. The summed E-state index contributed by atoms with van der Waals surface area (Å²) < 4.78 is 0. The molecule has 0 aromatic carbocycles. The van der Waals surface area contributed by atoms with Crippen molar-refractivity contribution in [2.45, 2.75) is 51.6 Å². The highest BCUT2D eigenvalue weighted by Gasteiger charge is 2.28. The standard InChI is InChI=1S/C14H21N3O/c1-10-4-3-5-11(2)17(10)14(18)8-13-7-6-12(15)9-16-13/h6-7,9-11H,3-5,8,15H2,1-2H3/t10-,11+. The van der Waals surface area contributed by atoms with Gasteiger partial charge in [-0.1, -0.05) is 0 Å². The fourth-order valence-corrected chi connectivity index (χ4v) is 2.70. The number of nitrogen functional groups attached to an aromatic ring is 1. The fourth-order valence-electron chi connectivity index (χ4n) is 2.70. The van der Waals surface area contributed by atoms with Crippen LogP contribution < -0.4 is 5.73 Å². The number of aromatic nitrogens is 1. The van der Waals surface area contributed by atoms with Crippen molar-refractivity contribution in [3.63, 3.8) is 0 Å². The van der Waals surface area contributed by atoms with Gasteiger partial charge in [-0.3, -0.25) is 9.78 Å². The predicted molar refractivity (Wildman–Crippen MR) is 72.0 cm³/mol. The summed E-state index contributed by atoms with van der Waals surface area (Å²) in [5.74, 6) is 0.173. The minimum absolute atomic E-state index is 0.173. The van der Waals surface area contributed by atoms with Crippen molar-refractivity contribution >= 4 is 11.6 Å². The number of carbonyl (C=O) groups is 1. The molecule has 2 heterocycles. The van der Waals surface area contributed by atoms with Crippen LogP contribution in [0.1, 0.15) is 38.8 Å². The van der Waals surface area contributed by atoms with E-state index in [4.69, 9.17) is 5.73 Å². The average molecular weight is 247 g/mol. The lowest BCUT2D eigenvalue weighted by molar-refractivity contribution is -0.136. The molecule has 1 aromatic rings. The molecule has 0 bridgehead atoms. The molecule has 1 amide bonds. The van der Waals surface area contributed by atoms with Crippen molar-refractivity contribution in [1.82, 2.24) is 9.88 Å². The molecule has 2 rings (SSSR count). The Morgan fingerprint density at radius 1 is 1.39 bits per heavy atom. The van der Waals surface area contributed by atoms with Gasteiger partial charge >= 0.3 is 0 Å². The van der Waals surface area contributed by atoms with Crippen LogP contribution in [0.4, 0.5) is 5.69 Å². The van der Waals surface area contributed by atoms with Crippen LogP contribution in [-0.4, -0.2) is 27.9 Å². The maximum absolute atomic E-state index is 12.3. The van der Waals surface area contributed by atoms with E-state index >= 15 is 0 Å². The van der Waals surface area contributed by atoms with Crippen molar-refractivity contribution < 1.29 is 4.79 Å². The number of amides is 1. The molecule has 98 valence electrons. The number of hydrogen-bond donors (Lipinski definition) is 1. The minimum atomic E-state index is 0.173. The van der Waals surface area contributed by atoms with Crippen molar-refractivity contribution in [1.29, 1.82) is 0 Å². The van der Waals surface area contributed by atoms with Gasteiger partial charge < -0.3 is 10.6 Å². The second-order valence-electron chi connectivity index (χ2n) is 5.19. The van der Waals surface area contributed by atoms with Crippen molar-refractivity contribution in [3.05, 3.63) is 24.0 Å². The number of rotatable bonds is 2. The van der Waals surface area contributed by atoms with Gasteiger partial charge in [-0.25, -0.2) is 0 Å². The van der Waals surface area contributed by atoms with Gasteiger partial charge in [0.1, 0.15) is 0 Å². The normalized spacial score (nSPS) is 24.0. The lowest BCUT2D eigenvalue weighted by Gasteiger charge is -2.39. The van der Waals surface area contributed by atoms with E-state index in [0.29, 0.717) is 24.2 Å². The van der Waals surface area contributed by atoms with Gasteiger partial charge in [0.25, 0.3) is 0 Å². The molecule has 2 N–H and O–H groups in total. The first-order valence-electron chi connectivity index (χ1n) is 6.59. The quantitative estimate of drug-likeness (QED) is 0.869. The number of nitrogens with zero attached hydrogens (tertiary/aromatic N) is 2. The van der Waals surface area contributed by atoms with E-state index in [1.54, 1.807) is 12.3 Å². The first kappa shape index (κ1) is 12.9. The molecule has 1 saturated heterocycles. The van der Waals surface area contributed by atoms with Gasteiger partial charge in [0.05, 0.1) is 18.3 Å². The summed E-state index contributed by atoms with van der Waals surface area (Å²) in [5, 5.41) is 0. The van der Waals surface area contributed by atoms with Crippen molar-refractivity contribution in [3.8, 4) is 0 Å². The van der Waals surface area contributed by atoms with E-state index < -0.39 is 0 Å². The highest BCUT2D eigenvalue weighted by Crippen LogP contribution is 2.23. The van der Waals surface area contributed by atoms with Crippen molar-refractivity contribution in [2.75, 3.05) is 5.73 Å². The molecule has 1 aliphatic heterocycles. The highest BCUT2D eigenvalue weighted by atomic mass is 16.2. The van der Waals surface area contributed by atoms with E-state index in [-0.39, 0.29) is 5.91 Å². The Morgan fingerprint density at radius 2 is 2.06 bits per heavy atom. The molecule has 0 unspecified atom stereocenters. The largest absolute Gasteiger partial charge is 0.397 e. The number of anilines is 1. The van der Waals surface area contributed by atoms with Crippen LogP contribution >= 0.6 is 0 Å². The number of hydrogen-bond acceptors (Lipinski definition) is 3. The molecule has 2 atom stereocenters. The third-order valence-electron chi connectivity index (χ3n) is 3.66. The zero-order valence-electron chi connectivity index (χ0n) is 11.1. The van der Waals surface area contributed by atoms with Crippen LogP contribution in [-0.2, 0) is 11.2 Å². The van der Waals surface area contributed by atoms with Crippen molar-refractivity contribution in [2.24, 2.45) is 0 Å². The van der Waals surface area contributed by atoms with Crippen LogP contribution in [0.2, 0.25) is 0 Å². The Bertz CT molecular complexity index is 406. The van der Waals surface area contributed by atoms with E-state index in [9.17, 15) is 4.79 Å². The van der Waals surface area contributed by atoms with Gasteiger partial charge in [0.15, 0.2) is 0 Å². The Labute approximate surface area is 108 Å². The summed E-state index contributed by atoms with van der Waals surface area (Å²) in [5.41, 5.74) is 7.01. The van der Waals surface area contributed by atoms with Gasteiger partial charge in [0.2, 0.25) is 5.91 Å². The number of pyridine rings is 1. The third kappa shape index (κ3) is 2.81. The zero-order chi connectivity index (χ0) is 13.1. The van der Waals surface area contributed by atoms with Crippen LogP contribution in [0.25, 0.3) is 0 Å². The molecular formula is C14H21N3O. The number of carbonyl (C=O) groups excluding carboxylic acids is 1. The summed E-state index contributed by atoms with van der Waals surface area (Å²) in [4.78, 5) is 18.5. The summed E-state index contributed by atoms with van der Waals surface area (Å²) in [6.45, 7) is 4.26. The van der Waals surface area contributed by atoms with Crippen LogP contribution in [0.15, 0.2) is 18.3 Å². The Balaban J connectivity index is 2.04. The molecule has 0 spiro atoms. The predicted octanol–water partition coefficient (Wildman–Crippen LogP) is 2.00. The highest BCUT2D eigenvalue weighted by molar-refractivity contribution is 5.79. The summed E-state index contributed by atoms with van der Waals surface area (Å²) >= 11 is 0. The van der Waals surface area contributed by atoms with E-state index in [1.165, 1.54) is 6.42 Å². The maximum atomic E-state index is 12.3. The molecule has 4 heteroatoms. The molecule has 18 heavy (non-hydrogen) atoms. The monoisotopic (exact) mass is 247 g/mol. The van der Waals surface area contributed by atoms with Crippen LogP contribution in [0.3, 0.4) is 0 Å². The first-order valence-corrected chi connectivity index (χ1v) is 6.59. The molecule has 0 radical (unpaired) electrons. The molecule has 0 saturated carbocycles.